The number of ketones is 2. The number of hydrogen-bond donors (Lipinski definition) is 0. The van der Waals surface area contributed by atoms with Crippen LogP contribution in [0, 0.1) is 11.8 Å². The summed E-state index contributed by atoms with van der Waals surface area (Å²) >= 11 is 0. The molecule has 0 radical (unpaired) electrons. The van der Waals surface area contributed by atoms with Crippen LogP contribution in [-0.2, 0) is 0 Å². The molecular formula is C29H32N2O2. The molecule has 4 rings (SSSR count). The molecular weight excluding hydrogens is 408 g/mol. The van der Waals surface area contributed by atoms with Gasteiger partial charge in [-0.15, -0.1) is 0 Å². The highest BCUT2D eigenvalue weighted by atomic mass is 16.1. The summed E-state index contributed by atoms with van der Waals surface area (Å²) in [6.07, 6.45) is 0. The molecule has 1 aliphatic heterocycles. The number of benzene rings is 3. The second-order valence-electron chi connectivity index (χ2n) is 9.17. The molecule has 4 nitrogen and oxygen atoms in total. The molecule has 3 aromatic carbocycles. The van der Waals surface area contributed by atoms with Gasteiger partial charge in [-0.3, -0.25) is 9.59 Å². The Labute approximate surface area is 196 Å². The van der Waals surface area contributed by atoms with E-state index < -0.39 is 0 Å². The van der Waals surface area contributed by atoms with Crippen molar-refractivity contribution in [3.05, 3.63) is 108 Å². The van der Waals surface area contributed by atoms with Crippen molar-refractivity contribution in [2.24, 2.45) is 11.8 Å². The first-order chi connectivity index (χ1) is 16.0. The number of nitrogens with zero attached hydrogens (tertiary/aromatic N) is 2. The standard InChI is InChI=1S/C29H32N2O2/c1-30(2)18-19-31-20-25(28(32)23-14-8-4-9-15-23)27(22-12-6-3-7-13-22)26(21-31)29(33)24-16-10-5-11-17-24/h3-17,25-27H,18-21H2,1-2H3/t25-,26-/m0/s1. The maximum Gasteiger partial charge on any atom is 0.167 e. The molecule has 0 aliphatic carbocycles. The molecule has 170 valence electrons. The van der Waals surface area contributed by atoms with E-state index >= 15 is 0 Å². The second-order valence-corrected chi connectivity index (χ2v) is 9.17. The highest BCUT2D eigenvalue weighted by molar-refractivity contribution is 6.02. The van der Waals surface area contributed by atoms with Gasteiger partial charge in [0, 0.05) is 55.1 Å². The van der Waals surface area contributed by atoms with Crippen LogP contribution in [-0.4, -0.2) is 61.6 Å². The van der Waals surface area contributed by atoms with Gasteiger partial charge in [-0.25, -0.2) is 0 Å². The Morgan fingerprint density at radius 1 is 0.727 bits per heavy atom. The van der Waals surface area contributed by atoms with Gasteiger partial charge in [0.25, 0.3) is 0 Å². The predicted octanol–water partition coefficient (Wildman–Crippen LogP) is 4.65. The smallest absolute Gasteiger partial charge is 0.167 e. The van der Waals surface area contributed by atoms with Gasteiger partial charge in [-0.05, 0) is 19.7 Å². The van der Waals surface area contributed by atoms with Crippen LogP contribution in [0.1, 0.15) is 32.2 Å². The molecule has 0 aromatic heterocycles. The molecule has 2 atom stereocenters. The van der Waals surface area contributed by atoms with Gasteiger partial charge in [-0.2, -0.15) is 0 Å². The van der Waals surface area contributed by atoms with Crippen molar-refractivity contribution >= 4 is 11.6 Å². The molecule has 33 heavy (non-hydrogen) atoms. The van der Waals surface area contributed by atoms with Gasteiger partial charge in [0.05, 0.1) is 0 Å². The third-order valence-electron chi connectivity index (χ3n) is 6.61. The monoisotopic (exact) mass is 440 g/mol. The Bertz CT molecular complexity index is 989. The Balaban J connectivity index is 1.76. The zero-order valence-corrected chi connectivity index (χ0v) is 19.4. The lowest BCUT2D eigenvalue weighted by molar-refractivity contribution is 0.0560. The van der Waals surface area contributed by atoms with Crippen molar-refractivity contribution in [2.45, 2.75) is 5.92 Å². The van der Waals surface area contributed by atoms with Crippen LogP contribution in [0.3, 0.4) is 0 Å². The van der Waals surface area contributed by atoms with Gasteiger partial charge in [-0.1, -0.05) is 91.0 Å². The van der Waals surface area contributed by atoms with E-state index in [4.69, 9.17) is 0 Å². The number of Topliss-reactive ketones (excluding diaryl/α,β-unsaturated/α-hetero) is 2. The molecule has 0 unspecified atom stereocenters. The summed E-state index contributed by atoms with van der Waals surface area (Å²) in [7, 11) is 4.10. The molecule has 0 bridgehead atoms. The fourth-order valence-corrected chi connectivity index (χ4v) is 4.93. The van der Waals surface area contributed by atoms with Gasteiger partial charge in [0.15, 0.2) is 11.6 Å². The Morgan fingerprint density at radius 2 is 1.15 bits per heavy atom. The molecule has 0 N–H and O–H groups in total. The lowest BCUT2D eigenvalue weighted by Crippen LogP contribution is -2.51. The highest BCUT2D eigenvalue weighted by Crippen LogP contribution is 2.40. The molecule has 0 amide bonds. The maximum atomic E-state index is 13.8. The first-order valence-corrected chi connectivity index (χ1v) is 11.6. The zero-order valence-electron chi connectivity index (χ0n) is 19.4. The number of rotatable bonds is 8. The topological polar surface area (TPSA) is 40.6 Å². The summed E-state index contributed by atoms with van der Waals surface area (Å²) in [5.41, 5.74) is 2.49. The van der Waals surface area contributed by atoms with E-state index in [2.05, 4.69) is 36.0 Å². The number of hydrogen-bond acceptors (Lipinski definition) is 4. The van der Waals surface area contributed by atoms with Crippen LogP contribution in [0.5, 0.6) is 0 Å². The van der Waals surface area contributed by atoms with Crippen molar-refractivity contribution in [2.75, 3.05) is 40.3 Å². The summed E-state index contributed by atoms with van der Waals surface area (Å²) in [6, 6.07) is 29.1. The average molecular weight is 441 g/mol. The van der Waals surface area contributed by atoms with Crippen LogP contribution >= 0.6 is 0 Å². The lowest BCUT2D eigenvalue weighted by atomic mass is 9.68. The maximum absolute atomic E-state index is 13.8. The summed E-state index contributed by atoms with van der Waals surface area (Å²) < 4.78 is 0. The minimum Gasteiger partial charge on any atom is -0.308 e. The SMILES string of the molecule is CN(C)CCN1C[C@H](C(=O)c2ccccc2)C(c2ccccc2)[C@@H](C(=O)c2ccccc2)C1. The normalized spacial score (nSPS) is 19.5. The Hall–Kier alpha value is -3.08. The van der Waals surface area contributed by atoms with E-state index in [0.29, 0.717) is 24.2 Å². The van der Waals surface area contributed by atoms with Crippen LogP contribution in [0.2, 0.25) is 0 Å². The van der Waals surface area contributed by atoms with Gasteiger partial charge in [0.1, 0.15) is 0 Å². The summed E-state index contributed by atoms with van der Waals surface area (Å²) in [6.45, 7) is 3.01. The van der Waals surface area contributed by atoms with Gasteiger partial charge < -0.3 is 9.80 Å². The second kappa shape index (κ2) is 10.7. The molecule has 1 saturated heterocycles. The fraction of sp³-hybridized carbons (Fsp3) is 0.310. The quantitative estimate of drug-likeness (QED) is 0.478. The molecule has 0 spiro atoms. The zero-order chi connectivity index (χ0) is 23.2. The number of likely N-dealkylation sites (N-methyl/N-ethyl adjacent to an activating group) is 1. The largest absolute Gasteiger partial charge is 0.308 e. The van der Waals surface area contributed by atoms with Crippen molar-refractivity contribution in [1.29, 1.82) is 0 Å². The third-order valence-corrected chi connectivity index (χ3v) is 6.61. The first-order valence-electron chi connectivity index (χ1n) is 11.6. The highest BCUT2D eigenvalue weighted by Gasteiger charge is 2.44. The van der Waals surface area contributed by atoms with E-state index in [1.165, 1.54) is 0 Å². The summed E-state index contributed by atoms with van der Waals surface area (Å²) in [5.74, 6) is -0.510. The molecule has 1 aliphatic rings. The lowest BCUT2D eigenvalue weighted by Gasteiger charge is -2.43. The molecule has 4 heteroatoms. The minimum absolute atomic E-state index is 0.116. The van der Waals surface area contributed by atoms with E-state index in [1.54, 1.807) is 0 Å². The van der Waals surface area contributed by atoms with E-state index in [0.717, 1.165) is 18.7 Å². The predicted molar refractivity (Wildman–Crippen MR) is 133 cm³/mol. The number of carbonyl (C=O) groups is 2. The molecule has 1 heterocycles. The van der Waals surface area contributed by atoms with Crippen molar-refractivity contribution in [1.82, 2.24) is 9.80 Å². The summed E-state index contributed by atoms with van der Waals surface area (Å²) in [5, 5.41) is 0. The van der Waals surface area contributed by atoms with Crippen molar-refractivity contribution in [3.63, 3.8) is 0 Å². The van der Waals surface area contributed by atoms with Crippen LogP contribution in [0.15, 0.2) is 91.0 Å². The van der Waals surface area contributed by atoms with Crippen LogP contribution in [0.4, 0.5) is 0 Å². The number of piperidine rings is 1. The van der Waals surface area contributed by atoms with Gasteiger partial charge in [0.2, 0.25) is 0 Å². The Morgan fingerprint density at radius 3 is 1.58 bits per heavy atom. The van der Waals surface area contributed by atoms with Crippen molar-refractivity contribution in [3.8, 4) is 0 Å². The van der Waals surface area contributed by atoms with Crippen molar-refractivity contribution < 1.29 is 9.59 Å². The molecule has 3 aromatic rings. The van der Waals surface area contributed by atoms with E-state index in [-0.39, 0.29) is 29.3 Å². The first kappa shape index (κ1) is 23.1. The van der Waals surface area contributed by atoms with E-state index in [1.807, 2.05) is 78.9 Å². The van der Waals surface area contributed by atoms with Crippen LogP contribution < -0.4 is 0 Å². The third kappa shape index (κ3) is 5.47. The number of likely N-dealkylation sites (tertiary alicyclic amines) is 1. The fourth-order valence-electron chi connectivity index (χ4n) is 4.93. The number of carbonyl (C=O) groups excluding carboxylic acids is 2. The van der Waals surface area contributed by atoms with Gasteiger partial charge >= 0.3 is 0 Å². The van der Waals surface area contributed by atoms with Crippen LogP contribution in [0.25, 0.3) is 0 Å². The molecule has 0 saturated carbocycles. The Kier molecular flexibility index (Phi) is 7.48. The van der Waals surface area contributed by atoms with E-state index in [9.17, 15) is 9.59 Å². The minimum atomic E-state index is -0.289. The molecule has 1 fully saturated rings. The summed E-state index contributed by atoms with van der Waals surface area (Å²) in [4.78, 5) is 32.1. The average Bonchev–Trinajstić information content (AvgIpc) is 2.87.